The van der Waals surface area contributed by atoms with E-state index in [1.165, 1.54) is 57.8 Å². The van der Waals surface area contributed by atoms with Crippen LogP contribution in [0.25, 0.3) is 0 Å². The van der Waals surface area contributed by atoms with Crippen LogP contribution >= 0.6 is 15.6 Å². The molecule has 0 rings (SSSR count). The normalized spacial score (nSPS) is 14.6. The molecule has 0 spiro atoms. The number of hydrogen-bond donors (Lipinski definition) is 3. The van der Waals surface area contributed by atoms with E-state index in [1.54, 1.807) is 0 Å². The largest absolute Gasteiger partial charge is 0.472 e. The number of hydrogen-bond acceptors (Lipinski definition) is 15. The van der Waals surface area contributed by atoms with Gasteiger partial charge in [-0.1, -0.05) is 294 Å². The minimum absolute atomic E-state index is 0.00252. The predicted molar refractivity (Wildman–Crippen MR) is 454 cm³/mol. The number of carbonyl (C=O) groups excluding carboxylic acids is 4. The molecule has 110 heavy (non-hydrogen) atoms. The molecule has 3 N–H and O–H groups in total. The Hall–Kier alpha value is -5.58. The number of aliphatic hydroxyl groups excluding tert-OH is 1. The van der Waals surface area contributed by atoms with Gasteiger partial charge in [0.05, 0.1) is 26.4 Å². The van der Waals surface area contributed by atoms with Crippen molar-refractivity contribution in [1.29, 1.82) is 0 Å². The molecule has 5 atom stereocenters. The first-order chi connectivity index (χ1) is 53.7. The second-order valence-corrected chi connectivity index (χ2v) is 30.6. The summed E-state index contributed by atoms with van der Waals surface area (Å²) in [6.45, 7) is 4.50. The summed E-state index contributed by atoms with van der Waals surface area (Å²) in [6, 6.07) is 0. The van der Waals surface area contributed by atoms with Crippen molar-refractivity contribution in [2.24, 2.45) is 0 Å². The highest BCUT2D eigenvalue weighted by atomic mass is 31.2. The van der Waals surface area contributed by atoms with Crippen LogP contribution in [0.1, 0.15) is 323 Å². The third-order valence-electron chi connectivity index (χ3n) is 17.1. The summed E-state index contributed by atoms with van der Waals surface area (Å²) in [5, 5.41) is 10.7. The van der Waals surface area contributed by atoms with Crippen molar-refractivity contribution in [2.75, 3.05) is 39.6 Å². The zero-order chi connectivity index (χ0) is 80.3. The van der Waals surface area contributed by atoms with Gasteiger partial charge in [0.25, 0.3) is 0 Å². The molecule has 0 aromatic carbocycles. The van der Waals surface area contributed by atoms with Crippen molar-refractivity contribution >= 4 is 39.5 Å². The fraction of sp³-hybridized carbons (Fsp3) is 0.648. The molecule has 0 aliphatic rings. The topological polar surface area (TPSA) is 237 Å². The molecule has 0 aliphatic heterocycles. The summed E-state index contributed by atoms with van der Waals surface area (Å²) in [4.78, 5) is 73.2. The van der Waals surface area contributed by atoms with Gasteiger partial charge in [0, 0.05) is 25.7 Å². The van der Waals surface area contributed by atoms with E-state index in [1.807, 2.05) is 12.2 Å². The minimum atomic E-state index is -5.01. The van der Waals surface area contributed by atoms with Crippen molar-refractivity contribution in [3.8, 4) is 0 Å². The van der Waals surface area contributed by atoms with Crippen molar-refractivity contribution in [3.05, 3.63) is 170 Å². The van der Waals surface area contributed by atoms with Gasteiger partial charge in [-0.15, -0.1) is 0 Å². The lowest BCUT2D eigenvalue weighted by atomic mass is 10.1. The number of unbranched alkanes of at least 4 members (excludes halogenated alkanes) is 24. The highest BCUT2D eigenvalue weighted by Gasteiger charge is 2.30. The first kappa shape index (κ1) is 104. The van der Waals surface area contributed by atoms with Crippen LogP contribution in [0.2, 0.25) is 0 Å². The number of ether oxygens (including phenoxy) is 4. The van der Waals surface area contributed by atoms with Crippen LogP contribution in [-0.4, -0.2) is 96.7 Å². The van der Waals surface area contributed by atoms with Gasteiger partial charge in [-0.3, -0.25) is 37.3 Å². The van der Waals surface area contributed by atoms with Gasteiger partial charge < -0.3 is 33.8 Å². The number of carbonyl (C=O) groups is 4. The quantitative estimate of drug-likeness (QED) is 0.0169. The van der Waals surface area contributed by atoms with Gasteiger partial charge in [-0.2, -0.15) is 0 Å². The Balaban J connectivity index is 5.48. The van der Waals surface area contributed by atoms with E-state index in [0.29, 0.717) is 32.1 Å². The molecule has 0 amide bonds. The van der Waals surface area contributed by atoms with Crippen molar-refractivity contribution in [3.63, 3.8) is 0 Å². The van der Waals surface area contributed by atoms with Crippen LogP contribution in [0, 0.1) is 0 Å². The van der Waals surface area contributed by atoms with Crippen molar-refractivity contribution < 1.29 is 80.2 Å². The summed E-state index contributed by atoms with van der Waals surface area (Å²) in [7, 11) is -10.0. The van der Waals surface area contributed by atoms with E-state index in [-0.39, 0.29) is 25.7 Å². The lowest BCUT2D eigenvalue weighted by Gasteiger charge is -2.21. The van der Waals surface area contributed by atoms with Crippen LogP contribution in [0.15, 0.2) is 170 Å². The molecule has 0 bridgehead atoms. The van der Waals surface area contributed by atoms with E-state index in [2.05, 4.69) is 186 Å². The van der Waals surface area contributed by atoms with Crippen LogP contribution in [0.3, 0.4) is 0 Å². The Labute approximate surface area is 667 Å². The van der Waals surface area contributed by atoms with Gasteiger partial charge >= 0.3 is 39.5 Å². The first-order valence-corrected chi connectivity index (χ1v) is 45.4. The summed E-state index contributed by atoms with van der Waals surface area (Å²) >= 11 is 0. The standard InChI is InChI=1S/C91H150O17P2/c1-5-9-13-17-21-25-29-33-37-40-42-45-48-51-55-59-63-67-71-75-88(93)101-81-86(107-90(95)77-73-69-65-61-57-53-47-36-32-28-24-20-16-12-8-4)83-105-109(97,98)103-79-85(92)80-104-110(99,100)106-84-87(108-91(96)78-74-70-66-62-58-54-50-44-39-35-31-27-23-19-15-11-7-3)82-102-89(94)76-72-68-64-60-56-52-49-46-43-41-38-34-30-26-22-18-14-10-6-2/h10-11,14-15,21-23,25-27,33-39,42-43,45-47,50,52,54,56,62,66,85-87,92H,5-9,12-13,16-20,24,28-32,40-41,44,48-49,51,53,55,57-61,63-65,67-84H2,1-4H3,(H,97,98)(H,99,100)/b14-10-,15-11-,25-21-,26-22-,27-23-,37-33-,38-34-,39-35-,45-42-,46-43-,47-36-,54-50-,56-52-,66-62-. The number of phosphoric ester groups is 2. The van der Waals surface area contributed by atoms with Gasteiger partial charge in [-0.25, -0.2) is 9.13 Å². The van der Waals surface area contributed by atoms with Crippen molar-refractivity contribution in [2.45, 2.75) is 341 Å². The highest BCUT2D eigenvalue weighted by molar-refractivity contribution is 7.47. The maximum Gasteiger partial charge on any atom is 0.472 e. The van der Waals surface area contributed by atoms with Crippen LogP contribution < -0.4 is 0 Å². The van der Waals surface area contributed by atoms with E-state index in [4.69, 9.17) is 37.0 Å². The fourth-order valence-corrected chi connectivity index (χ4v) is 12.3. The monoisotopic (exact) mass is 1580 g/mol. The second kappa shape index (κ2) is 81.4. The molecule has 0 aliphatic carbocycles. The predicted octanol–water partition coefficient (Wildman–Crippen LogP) is 25.3. The molecular formula is C91H150O17P2. The van der Waals surface area contributed by atoms with E-state index in [0.717, 1.165) is 180 Å². The van der Waals surface area contributed by atoms with Gasteiger partial charge in [0.2, 0.25) is 0 Å². The summed E-state index contributed by atoms with van der Waals surface area (Å²) in [5.41, 5.74) is 0. The molecule has 626 valence electrons. The van der Waals surface area contributed by atoms with Crippen LogP contribution in [-0.2, 0) is 65.4 Å². The average Bonchev–Trinajstić information content (AvgIpc) is 0.906. The molecule has 0 saturated heterocycles. The smallest absolute Gasteiger partial charge is 0.462 e. The molecule has 19 heteroatoms. The number of esters is 4. The van der Waals surface area contributed by atoms with Gasteiger partial charge in [0.15, 0.2) is 12.2 Å². The highest BCUT2D eigenvalue weighted by Crippen LogP contribution is 2.45. The Morgan fingerprint density at radius 3 is 0.800 bits per heavy atom. The van der Waals surface area contributed by atoms with Gasteiger partial charge in [-0.05, 0) is 173 Å². The number of aliphatic hydroxyl groups is 1. The lowest BCUT2D eigenvalue weighted by Crippen LogP contribution is -2.30. The Bertz CT molecular complexity index is 2750. The molecule has 0 radical (unpaired) electrons. The summed E-state index contributed by atoms with van der Waals surface area (Å²) < 4.78 is 68.7. The average molecular weight is 1580 g/mol. The molecule has 0 aromatic heterocycles. The van der Waals surface area contributed by atoms with Gasteiger partial charge in [0.1, 0.15) is 19.3 Å². The first-order valence-electron chi connectivity index (χ1n) is 42.4. The van der Waals surface area contributed by atoms with Crippen molar-refractivity contribution in [1.82, 2.24) is 0 Å². The molecule has 5 unspecified atom stereocenters. The Kier molecular flexibility index (Phi) is 77.3. The third-order valence-corrected chi connectivity index (χ3v) is 19.0. The molecular weight excluding hydrogens is 1430 g/mol. The number of allylic oxidation sites excluding steroid dienone is 28. The third kappa shape index (κ3) is 80.5. The van der Waals surface area contributed by atoms with Crippen LogP contribution in [0.4, 0.5) is 0 Å². The van der Waals surface area contributed by atoms with E-state index in [9.17, 15) is 43.2 Å². The number of rotatable bonds is 78. The molecule has 0 fully saturated rings. The molecule has 0 saturated carbocycles. The Morgan fingerprint density at radius 1 is 0.264 bits per heavy atom. The molecule has 17 nitrogen and oxygen atoms in total. The maximum absolute atomic E-state index is 13.1. The SMILES string of the molecule is CC/C=C\C/C=C\C/C=C\C/C=C\C/C=C\CCCCCC(=O)OCC(COP(=O)(O)OCC(O)COP(=O)(O)OCC(COC(=O)CCCCCCCC/C=C\C/C=C\C/C=C\CCCCC)OC(=O)CCCCCCC/C=C\CCCCCCCC)OC(=O)CCC/C=C\C/C=C\C/C=C\C/C=C\C/C=C\CC. The fourth-order valence-electron chi connectivity index (χ4n) is 10.8. The zero-order valence-electron chi connectivity index (χ0n) is 68.6. The van der Waals surface area contributed by atoms with Crippen LogP contribution in [0.5, 0.6) is 0 Å². The zero-order valence-corrected chi connectivity index (χ0v) is 70.4. The summed E-state index contributed by atoms with van der Waals surface area (Å²) in [5.74, 6) is -2.31. The minimum Gasteiger partial charge on any atom is -0.462 e. The van der Waals surface area contributed by atoms with E-state index < -0.39 is 97.5 Å². The summed E-state index contributed by atoms with van der Waals surface area (Å²) in [6.07, 6.45) is 97.5. The molecule has 0 aromatic rings. The van der Waals surface area contributed by atoms with E-state index >= 15 is 0 Å². The Morgan fingerprint density at radius 2 is 0.482 bits per heavy atom. The second-order valence-electron chi connectivity index (χ2n) is 27.6. The molecule has 0 heterocycles. The lowest BCUT2D eigenvalue weighted by molar-refractivity contribution is -0.161. The number of phosphoric acid groups is 2. The maximum atomic E-state index is 13.1.